The molecule has 1 aromatic carbocycles. The molecule has 1 aliphatic rings. The van der Waals surface area contributed by atoms with Gasteiger partial charge in [0.1, 0.15) is 30.6 Å². The molecule has 1 aliphatic heterocycles. The van der Waals surface area contributed by atoms with Crippen molar-refractivity contribution < 1.29 is 33.5 Å². The zero-order valence-corrected chi connectivity index (χ0v) is 17.8. The standard InChI is InChI=1S/C21H20N4O8/c1-13-18(32-20(26)30-10-4-8-22)17(15-6-3-7-16(12-15)25(28)29)19(14(2)24-13)33-21(27)31-11-5-9-23/h3,6-7,12,17,24H,4-5,10-11H2,1-2H3. The zero-order valence-electron chi connectivity index (χ0n) is 17.8. The minimum Gasteiger partial charge on any atom is -0.433 e. The zero-order chi connectivity index (χ0) is 24.4. The van der Waals surface area contributed by atoms with E-state index in [2.05, 4.69) is 5.32 Å². The molecule has 1 aromatic rings. The van der Waals surface area contributed by atoms with E-state index in [1.165, 1.54) is 24.3 Å². The van der Waals surface area contributed by atoms with Crippen molar-refractivity contribution in [2.24, 2.45) is 0 Å². The maximum absolute atomic E-state index is 12.2. The fourth-order valence-corrected chi connectivity index (χ4v) is 2.95. The van der Waals surface area contributed by atoms with Crippen LogP contribution in [0.2, 0.25) is 0 Å². The van der Waals surface area contributed by atoms with E-state index >= 15 is 0 Å². The van der Waals surface area contributed by atoms with Gasteiger partial charge in [0.25, 0.3) is 5.69 Å². The van der Waals surface area contributed by atoms with Gasteiger partial charge in [-0.15, -0.1) is 0 Å². The van der Waals surface area contributed by atoms with Crippen molar-refractivity contribution in [3.8, 4) is 12.1 Å². The number of nitriles is 2. The molecule has 0 saturated carbocycles. The van der Waals surface area contributed by atoms with E-state index in [0.717, 1.165) is 0 Å². The average Bonchev–Trinajstić information content (AvgIpc) is 2.77. The smallest absolute Gasteiger partial charge is 0.433 e. The molecular weight excluding hydrogens is 436 g/mol. The molecule has 12 heteroatoms. The lowest BCUT2D eigenvalue weighted by molar-refractivity contribution is -0.384. The second-order valence-electron chi connectivity index (χ2n) is 6.61. The number of benzene rings is 1. The highest BCUT2D eigenvalue weighted by Crippen LogP contribution is 2.40. The van der Waals surface area contributed by atoms with Gasteiger partial charge in [-0.25, -0.2) is 9.59 Å². The number of non-ortho nitro benzene ring substituents is 1. The molecule has 0 radical (unpaired) electrons. The third kappa shape index (κ3) is 6.70. The minimum absolute atomic E-state index is 0.0251. The first-order valence-electron chi connectivity index (χ1n) is 9.64. The summed E-state index contributed by atoms with van der Waals surface area (Å²) in [4.78, 5) is 35.0. The molecule has 172 valence electrons. The second-order valence-corrected chi connectivity index (χ2v) is 6.61. The number of carbonyl (C=O) groups is 2. The van der Waals surface area contributed by atoms with Crippen LogP contribution in [-0.4, -0.2) is 30.4 Å². The first kappa shape index (κ1) is 24.7. The van der Waals surface area contributed by atoms with E-state index < -0.39 is 23.2 Å². The van der Waals surface area contributed by atoms with Crippen molar-refractivity contribution in [2.45, 2.75) is 32.6 Å². The molecular formula is C21H20N4O8. The van der Waals surface area contributed by atoms with E-state index in [4.69, 9.17) is 29.5 Å². The molecule has 2 rings (SSSR count). The van der Waals surface area contributed by atoms with Crippen LogP contribution in [0.4, 0.5) is 15.3 Å². The molecule has 33 heavy (non-hydrogen) atoms. The number of hydrogen-bond acceptors (Lipinski definition) is 11. The van der Waals surface area contributed by atoms with Crippen molar-refractivity contribution in [3.05, 3.63) is 62.9 Å². The first-order valence-corrected chi connectivity index (χ1v) is 9.64. The Morgan fingerprint density at radius 1 is 1.03 bits per heavy atom. The van der Waals surface area contributed by atoms with Crippen LogP contribution in [0.3, 0.4) is 0 Å². The molecule has 0 amide bonds. The molecule has 0 aliphatic carbocycles. The summed E-state index contributed by atoms with van der Waals surface area (Å²) in [6.07, 6.45) is -2.29. The number of dihydropyridines is 1. The van der Waals surface area contributed by atoms with Crippen LogP contribution in [0, 0.1) is 32.8 Å². The highest BCUT2D eigenvalue weighted by molar-refractivity contribution is 5.65. The number of carbonyl (C=O) groups excluding carboxylic acids is 2. The average molecular weight is 456 g/mol. The minimum atomic E-state index is -1.10. The third-order valence-corrected chi connectivity index (χ3v) is 4.31. The highest BCUT2D eigenvalue weighted by Gasteiger charge is 2.36. The molecule has 0 aromatic heterocycles. The monoisotopic (exact) mass is 456 g/mol. The number of nitro benzene ring substituents is 1. The first-order chi connectivity index (χ1) is 15.8. The lowest BCUT2D eigenvalue weighted by Gasteiger charge is -2.30. The molecule has 0 saturated heterocycles. The van der Waals surface area contributed by atoms with Crippen LogP contribution < -0.4 is 5.32 Å². The molecule has 0 fully saturated rings. The summed E-state index contributed by atoms with van der Waals surface area (Å²) in [5, 5.41) is 31.4. The Morgan fingerprint density at radius 2 is 1.55 bits per heavy atom. The fraction of sp³-hybridized carbons (Fsp3) is 0.333. The lowest BCUT2D eigenvalue weighted by Crippen LogP contribution is -2.29. The number of allylic oxidation sites excluding steroid dienone is 2. The summed E-state index contributed by atoms with van der Waals surface area (Å²) in [5.41, 5.74) is 0.801. The van der Waals surface area contributed by atoms with Crippen LogP contribution in [0.25, 0.3) is 0 Å². The Hall–Kier alpha value is -4.58. The largest absolute Gasteiger partial charge is 0.513 e. The molecule has 0 spiro atoms. The maximum Gasteiger partial charge on any atom is 0.513 e. The summed E-state index contributed by atoms with van der Waals surface area (Å²) >= 11 is 0. The summed E-state index contributed by atoms with van der Waals surface area (Å²) < 4.78 is 20.4. The van der Waals surface area contributed by atoms with Crippen molar-refractivity contribution in [2.75, 3.05) is 13.2 Å². The Balaban J connectivity index is 2.44. The number of ether oxygens (including phenoxy) is 4. The van der Waals surface area contributed by atoms with E-state index in [1.807, 2.05) is 12.1 Å². The number of nitrogens with zero attached hydrogens (tertiary/aromatic N) is 3. The number of rotatable bonds is 8. The second kappa shape index (κ2) is 11.7. The summed E-state index contributed by atoms with van der Waals surface area (Å²) in [7, 11) is 0. The highest BCUT2D eigenvalue weighted by atomic mass is 16.7. The van der Waals surface area contributed by atoms with E-state index in [0.29, 0.717) is 17.0 Å². The molecule has 1 heterocycles. The van der Waals surface area contributed by atoms with Crippen molar-refractivity contribution in [1.82, 2.24) is 5.32 Å². The Morgan fingerprint density at radius 3 is 2.00 bits per heavy atom. The number of nitro groups is 1. The van der Waals surface area contributed by atoms with Crippen LogP contribution in [-0.2, 0) is 18.9 Å². The quantitative estimate of drug-likeness (QED) is 0.260. The van der Waals surface area contributed by atoms with Crippen LogP contribution >= 0.6 is 0 Å². The fourth-order valence-electron chi connectivity index (χ4n) is 2.95. The molecule has 0 bridgehead atoms. The van der Waals surface area contributed by atoms with Crippen LogP contribution in [0.1, 0.15) is 38.2 Å². The molecule has 1 N–H and O–H groups in total. The summed E-state index contributed by atoms with van der Waals surface area (Å²) in [5.74, 6) is -1.09. The predicted octanol–water partition coefficient (Wildman–Crippen LogP) is 3.88. The molecule has 0 unspecified atom stereocenters. The Kier molecular flexibility index (Phi) is 8.76. The normalized spacial score (nSPS) is 13.3. The number of nitrogens with one attached hydrogen (secondary N) is 1. The van der Waals surface area contributed by atoms with Gasteiger partial charge in [0, 0.05) is 12.1 Å². The van der Waals surface area contributed by atoms with Gasteiger partial charge in [0.15, 0.2) is 0 Å². The summed E-state index contributed by atoms with van der Waals surface area (Å²) in [6.45, 7) is 2.79. The number of hydrogen-bond donors (Lipinski definition) is 1. The van der Waals surface area contributed by atoms with Crippen molar-refractivity contribution in [1.29, 1.82) is 10.5 Å². The SMILES string of the molecule is CC1=C(OC(=O)OCCC#N)C(c2cccc([N+](=O)[O-])c2)C(OC(=O)OCCC#N)=C(C)N1. The van der Waals surface area contributed by atoms with Crippen LogP contribution in [0.5, 0.6) is 0 Å². The topological polar surface area (TPSA) is 174 Å². The van der Waals surface area contributed by atoms with Gasteiger partial charge < -0.3 is 24.3 Å². The Bertz CT molecular complexity index is 1020. The van der Waals surface area contributed by atoms with Gasteiger partial charge in [0.2, 0.25) is 0 Å². The van der Waals surface area contributed by atoms with Gasteiger partial charge in [-0.05, 0) is 19.4 Å². The van der Waals surface area contributed by atoms with Gasteiger partial charge in [-0.2, -0.15) is 10.5 Å². The van der Waals surface area contributed by atoms with Crippen molar-refractivity contribution >= 4 is 18.0 Å². The lowest BCUT2D eigenvalue weighted by atomic mass is 9.90. The van der Waals surface area contributed by atoms with Gasteiger partial charge >= 0.3 is 12.3 Å². The van der Waals surface area contributed by atoms with Crippen molar-refractivity contribution in [3.63, 3.8) is 0 Å². The van der Waals surface area contributed by atoms with E-state index in [-0.39, 0.29) is 43.3 Å². The molecule has 12 nitrogen and oxygen atoms in total. The van der Waals surface area contributed by atoms with E-state index in [1.54, 1.807) is 13.8 Å². The van der Waals surface area contributed by atoms with Gasteiger partial charge in [-0.3, -0.25) is 10.1 Å². The summed E-state index contributed by atoms with van der Waals surface area (Å²) in [6, 6.07) is 9.16. The maximum atomic E-state index is 12.2. The predicted molar refractivity (Wildman–Crippen MR) is 110 cm³/mol. The van der Waals surface area contributed by atoms with Gasteiger partial charge in [-0.1, -0.05) is 12.1 Å². The molecule has 0 atom stereocenters. The van der Waals surface area contributed by atoms with E-state index in [9.17, 15) is 19.7 Å². The Labute approximate surface area is 188 Å². The van der Waals surface area contributed by atoms with Crippen LogP contribution in [0.15, 0.2) is 47.2 Å². The van der Waals surface area contributed by atoms with Gasteiger partial charge in [0.05, 0.1) is 41.3 Å². The third-order valence-electron chi connectivity index (χ3n) is 4.31.